The first-order valence-corrected chi connectivity index (χ1v) is 17.0. The van der Waals surface area contributed by atoms with Gasteiger partial charge < -0.3 is 34.5 Å². The molecule has 4 aromatic heterocycles. The fraction of sp³-hybridized carbons (Fsp3) is 0.471. The van der Waals surface area contributed by atoms with Gasteiger partial charge in [0.1, 0.15) is 23.6 Å². The number of halogens is 4. The first-order chi connectivity index (χ1) is 25.2. The molecule has 0 saturated carbocycles. The predicted octanol–water partition coefficient (Wildman–Crippen LogP) is 6.03. The third-order valence-corrected chi connectivity index (χ3v) is 8.42. The van der Waals surface area contributed by atoms with Gasteiger partial charge in [-0.15, -0.1) is 0 Å². The minimum absolute atomic E-state index is 0.00330. The van der Waals surface area contributed by atoms with Crippen molar-refractivity contribution < 1.29 is 47.2 Å². The van der Waals surface area contributed by atoms with Crippen molar-refractivity contribution in [2.24, 2.45) is 0 Å². The van der Waals surface area contributed by atoms with Crippen molar-refractivity contribution in [1.29, 1.82) is 0 Å². The van der Waals surface area contributed by atoms with Crippen molar-refractivity contribution in [3.63, 3.8) is 0 Å². The number of carbonyl (C=O) groups is 3. The molecule has 0 bridgehead atoms. The number of imide groups is 1. The molecule has 0 aromatic carbocycles. The Morgan fingerprint density at radius 1 is 1.06 bits per heavy atom. The minimum Gasteiger partial charge on any atom is -0.464 e. The number of alkyl halides is 2. The smallest absolute Gasteiger partial charge is 0.425 e. The zero-order chi connectivity index (χ0) is 39.7. The van der Waals surface area contributed by atoms with Gasteiger partial charge in [-0.05, 0) is 78.1 Å². The summed E-state index contributed by atoms with van der Waals surface area (Å²) in [6, 6.07) is 4.09. The minimum atomic E-state index is -3.22. The summed E-state index contributed by atoms with van der Waals surface area (Å²) in [5.74, 6) is -1.12. The van der Waals surface area contributed by atoms with Gasteiger partial charge in [-0.2, -0.15) is 4.90 Å². The summed E-state index contributed by atoms with van der Waals surface area (Å²) in [6.45, 7) is 9.50. The maximum absolute atomic E-state index is 14.2. The molecule has 4 aromatic rings. The predicted molar refractivity (Wildman–Crippen MR) is 189 cm³/mol. The lowest BCUT2D eigenvalue weighted by atomic mass is 9.83. The van der Waals surface area contributed by atoms with Crippen LogP contribution < -0.4 is 15.1 Å². The van der Waals surface area contributed by atoms with Crippen molar-refractivity contribution in [2.45, 2.75) is 90.2 Å². The van der Waals surface area contributed by atoms with E-state index < -0.39 is 58.5 Å². The highest BCUT2D eigenvalue weighted by atomic mass is 35.5. The van der Waals surface area contributed by atoms with Gasteiger partial charge in [-0.25, -0.2) is 47.5 Å². The van der Waals surface area contributed by atoms with Crippen LogP contribution in [0.5, 0.6) is 0 Å². The lowest BCUT2D eigenvalue weighted by Gasteiger charge is -2.46. The van der Waals surface area contributed by atoms with Gasteiger partial charge in [0, 0.05) is 13.1 Å². The lowest BCUT2D eigenvalue weighted by Crippen LogP contribution is -2.67. The average Bonchev–Trinajstić information content (AvgIpc) is 3.47. The molecule has 16 nitrogen and oxygen atoms in total. The van der Waals surface area contributed by atoms with Crippen LogP contribution in [0.1, 0.15) is 59.9 Å². The Kier molecular flexibility index (Phi) is 11.2. The van der Waals surface area contributed by atoms with E-state index in [0.717, 1.165) is 12.4 Å². The summed E-state index contributed by atoms with van der Waals surface area (Å²) < 4.78 is 54.6. The van der Waals surface area contributed by atoms with Crippen LogP contribution in [-0.4, -0.2) is 100 Å². The van der Waals surface area contributed by atoms with Crippen LogP contribution in [0.3, 0.4) is 0 Å². The van der Waals surface area contributed by atoms with Crippen LogP contribution in [-0.2, 0) is 16.0 Å². The van der Waals surface area contributed by atoms with E-state index in [1.54, 1.807) is 52.5 Å². The number of hydrogen-bond acceptors (Lipinski definition) is 12. The first-order valence-electron chi connectivity index (χ1n) is 16.6. The molecule has 54 heavy (non-hydrogen) atoms. The summed E-state index contributed by atoms with van der Waals surface area (Å²) in [6.07, 6.45) is -5.29. The molecule has 5 heterocycles. The summed E-state index contributed by atoms with van der Waals surface area (Å²) in [4.78, 5) is 61.3. The Labute approximate surface area is 312 Å². The number of alkyl carbamates (subject to hydrolysis) is 1. The van der Waals surface area contributed by atoms with E-state index in [1.165, 1.54) is 23.2 Å². The van der Waals surface area contributed by atoms with Gasteiger partial charge >= 0.3 is 18.3 Å². The number of aromatic nitrogens is 6. The van der Waals surface area contributed by atoms with E-state index in [1.807, 2.05) is 0 Å². The monoisotopic (exact) mass is 777 g/mol. The molecule has 20 heteroatoms. The maximum Gasteiger partial charge on any atom is 0.425 e. The number of anilines is 2. The standard InChI is InChI=1S/C34H39ClF3N9O7/c1-32(2,3)53-29(49)44-34(24(48)26(37)38)10-7-11-45(15-34)22-13-39-21(20-9-8-19(36)25(35)43-20)12-18(22)14-46-17-42-23-27(46)40-16-41-28(23)47(30(50)51)31(52)54-33(4,5)6/h8-9,12-13,16-17,24,26,48H,7,10-11,14-15H2,1-6H3,(H,44,49)(H,50,51). The highest BCUT2D eigenvalue weighted by Gasteiger charge is 2.48. The quantitative estimate of drug-likeness (QED) is 0.175. The topological polar surface area (TPSA) is 198 Å². The Hall–Kier alpha value is -5.30. The van der Waals surface area contributed by atoms with Gasteiger partial charge in [0.2, 0.25) is 0 Å². The Morgan fingerprint density at radius 2 is 1.76 bits per heavy atom. The fourth-order valence-electron chi connectivity index (χ4n) is 5.95. The molecule has 0 spiro atoms. The molecule has 1 aliphatic rings. The van der Waals surface area contributed by atoms with Crippen LogP contribution in [0, 0.1) is 5.82 Å². The molecule has 3 amide bonds. The number of aliphatic hydroxyl groups excluding tert-OH is 1. The van der Waals surface area contributed by atoms with E-state index in [9.17, 15) is 37.8 Å². The number of piperidine rings is 1. The number of nitrogens with one attached hydrogen (secondary N) is 1. The second-order valence-electron chi connectivity index (χ2n) is 14.6. The van der Waals surface area contributed by atoms with Crippen LogP contribution >= 0.6 is 11.6 Å². The Bertz CT molecular complexity index is 2060. The normalized spacial score (nSPS) is 17.0. The number of nitrogens with zero attached hydrogens (tertiary/aromatic N) is 8. The number of aliphatic hydroxyl groups is 1. The summed E-state index contributed by atoms with van der Waals surface area (Å²) in [5.41, 5.74) is -2.48. The lowest BCUT2D eigenvalue weighted by molar-refractivity contribution is -0.0664. The molecular formula is C34H39ClF3N9O7. The van der Waals surface area contributed by atoms with Crippen LogP contribution in [0.25, 0.3) is 22.6 Å². The van der Waals surface area contributed by atoms with Crippen molar-refractivity contribution in [3.8, 4) is 11.4 Å². The van der Waals surface area contributed by atoms with E-state index in [0.29, 0.717) is 22.7 Å². The molecule has 0 radical (unpaired) electrons. The van der Waals surface area contributed by atoms with Crippen molar-refractivity contribution in [2.75, 3.05) is 22.9 Å². The zero-order valence-electron chi connectivity index (χ0n) is 30.2. The van der Waals surface area contributed by atoms with Gasteiger partial charge in [-0.3, -0.25) is 4.98 Å². The molecule has 1 saturated heterocycles. The maximum atomic E-state index is 14.2. The fourth-order valence-corrected chi connectivity index (χ4v) is 6.10. The number of carboxylic acid groups (broad SMARTS) is 1. The van der Waals surface area contributed by atoms with E-state index >= 15 is 0 Å². The summed E-state index contributed by atoms with van der Waals surface area (Å²) in [5, 5.41) is 22.9. The Morgan fingerprint density at radius 3 is 2.39 bits per heavy atom. The van der Waals surface area contributed by atoms with Crippen LogP contribution in [0.4, 0.5) is 39.1 Å². The van der Waals surface area contributed by atoms with Crippen molar-refractivity contribution >= 4 is 52.5 Å². The summed E-state index contributed by atoms with van der Waals surface area (Å²) >= 11 is 5.97. The molecule has 2 unspecified atom stereocenters. The number of carbonyl (C=O) groups excluding carboxylic acids is 2. The molecule has 1 fully saturated rings. The number of amides is 3. The average molecular weight is 778 g/mol. The SMILES string of the molecule is CC(C)(C)OC(=O)NC1(C(O)C(F)F)CCCN(c2cnc(-c3ccc(F)c(Cl)n3)cc2Cn2cnc3c(N(C(=O)O)C(=O)OC(C)(C)C)ncnc32)C1. The van der Waals surface area contributed by atoms with E-state index in [4.69, 9.17) is 21.1 Å². The van der Waals surface area contributed by atoms with Gasteiger partial charge in [0.15, 0.2) is 28.0 Å². The molecular weight excluding hydrogens is 739 g/mol. The number of fused-ring (bicyclic) bond motifs is 1. The number of hydrogen-bond donors (Lipinski definition) is 3. The van der Waals surface area contributed by atoms with E-state index in [2.05, 4.69) is 30.2 Å². The second-order valence-corrected chi connectivity index (χ2v) is 15.0. The summed E-state index contributed by atoms with van der Waals surface area (Å²) in [7, 11) is 0. The van der Waals surface area contributed by atoms with E-state index in [-0.39, 0.29) is 54.3 Å². The number of ether oxygens (including phenoxy) is 2. The highest BCUT2D eigenvalue weighted by molar-refractivity contribution is 6.29. The molecule has 2 atom stereocenters. The largest absolute Gasteiger partial charge is 0.464 e. The number of imidazole rings is 1. The first kappa shape index (κ1) is 39.9. The zero-order valence-corrected chi connectivity index (χ0v) is 30.9. The molecule has 0 aliphatic carbocycles. The second kappa shape index (κ2) is 15.2. The van der Waals surface area contributed by atoms with Crippen molar-refractivity contribution in [3.05, 3.63) is 53.6 Å². The van der Waals surface area contributed by atoms with Gasteiger partial charge in [0.25, 0.3) is 6.43 Å². The van der Waals surface area contributed by atoms with Crippen molar-refractivity contribution in [1.82, 2.24) is 34.8 Å². The molecule has 290 valence electrons. The molecule has 5 rings (SSSR count). The van der Waals surface area contributed by atoms with Gasteiger partial charge in [0.05, 0.1) is 41.7 Å². The third kappa shape index (κ3) is 8.90. The molecule has 3 N–H and O–H groups in total. The number of pyridine rings is 2. The number of rotatable bonds is 8. The van der Waals surface area contributed by atoms with Crippen LogP contribution in [0.15, 0.2) is 37.1 Å². The highest BCUT2D eigenvalue weighted by Crippen LogP contribution is 2.35. The third-order valence-electron chi connectivity index (χ3n) is 8.15. The Balaban J connectivity index is 1.60. The van der Waals surface area contributed by atoms with Gasteiger partial charge in [-0.1, -0.05) is 11.6 Å². The molecule has 1 aliphatic heterocycles. The van der Waals surface area contributed by atoms with Crippen LogP contribution in [0.2, 0.25) is 5.15 Å².